The van der Waals surface area contributed by atoms with Gasteiger partial charge in [-0.05, 0) is 25.0 Å². The van der Waals surface area contributed by atoms with Crippen LogP contribution in [-0.2, 0) is 6.42 Å². The van der Waals surface area contributed by atoms with Gasteiger partial charge in [0.2, 0.25) is 11.7 Å². The van der Waals surface area contributed by atoms with Crippen molar-refractivity contribution in [2.75, 3.05) is 0 Å². The van der Waals surface area contributed by atoms with E-state index in [2.05, 4.69) is 57.4 Å². The Bertz CT molecular complexity index is 687. The van der Waals surface area contributed by atoms with Crippen LogP contribution in [0, 0.1) is 13.8 Å². The Hall–Kier alpha value is -2.50. The van der Waals surface area contributed by atoms with E-state index in [1.165, 1.54) is 23.0 Å². The summed E-state index contributed by atoms with van der Waals surface area (Å²) in [6.07, 6.45) is 2.03. The molecule has 0 spiro atoms. The second-order valence-corrected chi connectivity index (χ2v) is 4.45. The largest absolute Gasteiger partial charge is 0.339 e. The highest BCUT2D eigenvalue weighted by atomic mass is 16.5. The smallest absolute Gasteiger partial charge is 0.239 e. The SMILES string of the molecule is Cc1ccc(C)c(Cc2nc(-c3ncn[nH]3)no2)c1. The van der Waals surface area contributed by atoms with Crippen molar-refractivity contribution >= 4 is 0 Å². The molecule has 0 fully saturated rings. The van der Waals surface area contributed by atoms with Gasteiger partial charge in [-0.2, -0.15) is 10.1 Å². The highest BCUT2D eigenvalue weighted by molar-refractivity contribution is 5.40. The molecule has 19 heavy (non-hydrogen) atoms. The third-order valence-electron chi connectivity index (χ3n) is 2.94. The van der Waals surface area contributed by atoms with Crippen molar-refractivity contribution in [1.82, 2.24) is 25.3 Å². The first-order valence-electron chi connectivity index (χ1n) is 5.97. The van der Waals surface area contributed by atoms with E-state index in [4.69, 9.17) is 4.52 Å². The van der Waals surface area contributed by atoms with Gasteiger partial charge in [-0.3, -0.25) is 5.10 Å². The minimum atomic E-state index is 0.429. The number of hydrogen-bond donors (Lipinski definition) is 1. The minimum Gasteiger partial charge on any atom is -0.339 e. The van der Waals surface area contributed by atoms with Crippen LogP contribution in [0.25, 0.3) is 11.6 Å². The van der Waals surface area contributed by atoms with Crippen molar-refractivity contribution in [2.45, 2.75) is 20.3 Å². The summed E-state index contributed by atoms with van der Waals surface area (Å²) in [6.45, 7) is 4.14. The maximum Gasteiger partial charge on any atom is 0.239 e. The lowest BCUT2D eigenvalue weighted by Gasteiger charge is -2.03. The van der Waals surface area contributed by atoms with Gasteiger partial charge in [0.15, 0.2) is 5.82 Å². The molecule has 3 aromatic rings. The van der Waals surface area contributed by atoms with E-state index >= 15 is 0 Å². The van der Waals surface area contributed by atoms with E-state index in [0.29, 0.717) is 24.0 Å². The molecule has 0 amide bonds. The molecule has 0 unspecified atom stereocenters. The molecule has 3 rings (SSSR count). The van der Waals surface area contributed by atoms with Crippen molar-refractivity contribution in [3.8, 4) is 11.6 Å². The Morgan fingerprint density at radius 1 is 1.26 bits per heavy atom. The molecule has 1 aromatic carbocycles. The number of aryl methyl sites for hydroxylation is 2. The highest BCUT2D eigenvalue weighted by Crippen LogP contribution is 2.16. The second-order valence-electron chi connectivity index (χ2n) is 4.45. The number of aromatic nitrogens is 5. The van der Waals surface area contributed by atoms with Crippen LogP contribution in [0.2, 0.25) is 0 Å². The van der Waals surface area contributed by atoms with Crippen LogP contribution in [0.3, 0.4) is 0 Å². The fourth-order valence-electron chi connectivity index (χ4n) is 1.89. The number of nitrogens with zero attached hydrogens (tertiary/aromatic N) is 4. The molecule has 0 radical (unpaired) electrons. The highest BCUT2D eigenvalue weighted by Gasteiger charge is 2.12. The van der Waals surface area contributed by atoms with E-state index in [-0.39, 0.29) is 0 Å². The van der Waals surface area contributed by atoms with Crippen molar-refractivity contribution < 1.29 is 4.52 Å². The monoisotopic (exact) mass is 255 g/mol. The Morgan fingerprint density at radius 2 is 2.16 bits per heavy atom. The number of aromatic amines is 1. The number of hydrogen-bond acceptors (Lipinski definition) is 5. The lowest BCUT2D eigenvalue weighted by Crippen LogP contribution is -1.93. The van der Waals surface area contributed by atoms with Crippen LogP contribution in [0.15, 0.2) is 29.0 Å². The quantitative estimate of drug-likeness (QED) is 0.774. The summed E-state index contributed by atoms with van der Waals surface area (Å²) in [5, 5.41) is 10.4. The summed E-state index contributed by atoms with van der Waals surface area (Å²) in [5.74, 6) is 1.51. The zero-order chi connectivity index (χ0) is 13.2. The van der Waals surface area contributed by atoms with Gasteiger partial charge >= 0.3 is 0 Å². The Morgan fingerprint density at radius 3 is 2.95 bits per heavy atom. The van der Waals surface area contributed by atoms with Crippen molar-refractivity contribution in [3.05, 3.63) is 47.1 Å². The molecular weight excluding hydrogens is 242 g/mol. The van der Waals surface area contributed by atoms with E-state index in [1.807, 2.05) is 0 Å². The van der Waals surface area contributed by atoms with Crippen LogP contribution in [0.5, 0.6) is 0 Å². The van der Waals surface area contributed by atoms with Gasteiger partial charge in [-0.15, -0.1) is 0 Å². The van der Waals surface area contributed by atoms with Gasteiger partial charge in [-0.25, -0.2) is 4.98 Å². The average Bonchev–Trinajstić information content (AvgIpc) is 3.04. The second kappa shape index (κ2) is 4.64. The number of nitrogens with one attached hydrogen (secondary N) is 1. The summed E-state index contributed by atoms with van der Waals surface area (Å²) in [4.78, 5) is 8.29. The molecule has 0 aliphatic rings. The van der Waals surface area contributed by atoms with Crippen LogP contribution < -0.4 is 0 Å². The Balaban J connectivity index is 1.86. The third kappa shape index (κ3) is 2.37. The van der Waals surface area contributed by atoms with Crippen LogP contribution >= 0.6 is 0 Å². The van der Waals surface area contributed by atoms with E-state index in [1.54, 1.807) is 0 Å². The van der Waals surface area contributed by atoms with Gasteiger partial charge in [0.05, 0.1) is 6.42 Å². The first-order valence-corrected chi connectivity index (χ1v) is 5.97. The van der Waals surface area contributed by atoms with Gasteiger partial charge in [-0.1, -0.05) is 28.9 Å². The minimum absolute atomic E-state index is 0.429. The maximum atomic E-state index is 5.24. The summed E-state index contributed by atoms with van der Waals surface area (Å²) >= 11 is 0. The van der Waals surface area contributed by atoms with Crippen molar-refractivity contribution in [3.63, 3.8) is 0 Å². The average molecular weight is 255 g/mol. The van der Waals surface area contributed by atoms with Crippen LogP contribution in [0.4, 0.5) is 0 Å². The van der Waals surface area contributed by atoms with E-state index < -0.39 is 0 Å². The first kappa shape index (κ1) is 11.6. The van der Waals surface area contributed by atoms with Crippen molar-refractivity contribution in [2.24, 2.45) is 0 Å². The molecule has 0 bridgehead atoms. The third-order valence-corrected chi connectivity index (χ3v) is 2.94. The molecule has 6 heteroatoms. The fourth-order valence-corrected chi connectivity index (χ4v) is 1.89. The summed E-state index contributed by atoms with van der Waals surface area (Å²) in [7, 11) is 0. The zero-order valence-corrected chi connectivity index (χ0v) is 10.7. The fraction of sp³-hybridized carbons (Fsp3) is 0.231. The summed E-state index contributed by atoms with van der Waals surface area (Å²) < 4.78 is 5.24. The normalized spacial score (nSPS) is 10.8. The molecule has 0 atom stereocenters. The Kier molecular flexibility index (Phi) is 2.83. The Labute approximate surface area is 109 Å². The summed E-state index contributed by atoms with van der Waals surface area (Å²) in [6, 6.07) is 6.32. The molecule has 2 heterocycles. The molecule has 0 aliphatic heterocycles. The van der Waals surface area contributed by atoms with Gasteiger partial charge in [0.25, 0.3) is 0 Å². The topological polar surface area (TPSA) is 80.5 Å². The lowest BCUT2D eigenvalue weighted by atomic mass is 10.0. The first-order chi connectivity index (χ1) is 9.22. The predicted molar refractivity (Wildman–Crippen MR) is 68.4 cm³/mol. The molecule has 0 saturated heterocycles. The lowest BCUT2D eigenvalue weighted by molar-refractivity contribution is 0.385. The summed E-state index contributed by atoms with van der Waals surface area (Å²) in [5.41, 5.74) is 3.62. The standard InChI is InChI=1S/C13H13N5O/c1-8-3-4-9(2)10(5-8)6-11-16-13(18-19-11)12-14-7-15-17-12/h3-5,7H,6H2,1-2H3,(H,14,15,17). The molecular formula is C13H13N5O. The van der Waals surface area contributed by atoms with E-state index in [9.17, 15) is 0 Å². The molecule has 0 aliphatic carbocycles. The maximum absolute atomic E-state index is 5.24. The van der Waals surface area contributed by atoms with Crippen LogP contribution in [-0.4, -0.2) is 25.3 Å². The van der Waals surface area contributed by atoms with E-state index in [0.717, 1.165) is 0 Å². The molecule has 1 N–H and O–H groups in total. The number of H-pyrrole nitrogens is 1. The predicted octanol–water partition coefficient (Wildman–Crippen LogP) is 2.06. The number of benzene rings is 1. The molecule has 2 aromatic heterocycles. The molecule has 6 nitrogen and oxygen atoms in total. The van der Waals surface area contributed by atoms with Gasteiger partial charge < -0.3 is 4.52 Å². The van der Waals surface area contributed by atoms with Gasteiger partial charge in [0, 0.05) is 0 Å². The van der Waals surface area contributed by atoms with Gasteiger partial charge in [0.1, 0.15) is 6.33 Å². The zero-order valence-electron chi connectivity index (χ0n) is 10.7. The number of rotatable bonds is 3. The van der Waals surface area contributed by atoms with Crippen molar-refractivity contribution in [1.29, 1.82) is 0 Å². The molecule has 0 saturated carbocycles. The van der Waals surface area contributed by atoms with Crippen LogP contribution in [0.1, 0.15) is 22.6 Å². The molecule has 96 valence electrons.